The van der Waals surface area contributed by atoms with Gasteiger partial charge in [0.15, 0.2) is 0 Å². The zero-order valence-electron chi connectivity index (χ0n) is 6.80. The molecule has 1 rings (SSSR count). The number of H-pyrrole nitrogens is 1. The molecule has 0 aromatic carbocycles. The van der Waals surface area contributed by atoms with E-state index in [1.165, 1.54) is 0 Å². The van der Waals surface area contributed by atoms with E-state index >= 15 is 0 Å². The van der Waals surface area contributed by atoms with Gasteiger partial charge in [-0.3, -0.25) is 4.79 Å². The molecule has 1 aromatic heterocycles. The summed E-state index contributed by atoms with van der Waals surface area (Å²) < 4.78 is 0. The lowest BCUT2D eigenvalue weighted by Gasteiger charge is -2.05. The van der Waals surface area contributed by atoms with Crippen LogP contribution in [0.1, 0.15) is 21.6 Å². The molecule has 1 N–H and O–H groups in total. The number of nitrogens with one attached hydrogen (secondary N) is 1. The molecule has 0 radical (unpaired) electrons. The monoisotopic (exact) mass is 166 g/mol. The van der Waals surface area contributed by atoms with Crippen molar-refractivity contribution in [2.75, 3.05) is 0 Å². The Hall–Kier alpha value is -1.58. The van der Waals surface area contributed by atoms with Gasteiger partial charge in [-0.05, 0) is 25.5 Å². The van der Waals surface area contributed by atoms with Crippen LogP contribution in [-0.4, -0.2) is 11.0 Å². The van der Waals surface area contributed by atoms with E-state index in [-0.39, 0.29) is 5.56 Å². The minimum absolute atomic E-state index is 0.291. The van der Waals surface area contributed by atoms with Crippen LogP contribution in [0, 0.1) is 13.8 Å². The van der Waals surface area contributed by atoms with Crippen molar-refractivity contribution in [1.29, 1.82) is 0 Å². The molecular weight excluding hydrogens is 158 g/mol. The number of aromatic carboxylic acids is 1. The highest BCUT2D eigenvalue weighted by atomic mass is 16.4. The first-order valence-electron chi connectivity index (χ1n) is 3.44. The van der Waals surface area contributed by atoms with Gasteiger partial charge in [0.1, 0.15) is 0 Å². The Morgan fingerprint density at radius 2 is 2.08 bits per heavy atom. The predicted molar refractivity (Wildman–Crippen MR) is 40.9 cm³/mol. The number of pyridine rings is 1. The summed E-state index contributed by atoms with van der Waals surface area (Å²) in [7, 11) is 0. The van der Waals surface area contributed by atoms with Crippen molar-refractivity contribution < 1.29 is 9.90 Å². The summed E-state index contributed by atoms with van der Waals surface area (Å²) in [6.07, 6.45) is 0. The summed E-state index contributed by atoms with van der Waals surface area (Å²) in [5.74, 6) is -1.44. The van der Waals surface area contributed by atoms with Crippen LogP contribution in [0.25, 0.3) is 0 Å². The Morgan fingerprint density at radius 3 is 2.50 bits per heavy atom. The summed E-state index contributed by atoms with van der Waals surface area (Å²) in [5, 5.41) is 10.4. The van der Waals surface area contributed by atoms with E-state index in [0.717, 1.165) is 0 Å². The van der Waals surface area contributed by atoms with Gasteiger partial charge in [0, 0.05) is 5.69 Å². The molecule has 0 amide bonds. The van der Waals surface area contributed by atoms with Crippen LogP contribution in [0.3, 0.4) is 0 Å². The van der Waals surface area contributed by atoms with E-state index in [1.807, 2.05) is 0 Å². The quantitative estimate of drug-likeness (QED) is 0.602. The second-order valence-corrected chi connectivity index (χ2v) is 2.63. The standard InChI is InChI=1S/C8H9NO3/c1-4-3-5(2)9-7(10)6(4)8(11)12/h3H,1-2H3,(H,9,10)(H,11,12)/p-1. The fraction of sp³-hybridized carbons (Fsp3) is 0.250. The third-order valence-corrected chi connectivity index (χ3v) is 1.57. The third-order valence-electron chi connectivity index (χ3n) is 1.57. The molecule has 0 saturated carbocycles. The number of rotatable bonds is 1. The summed E-state index contributed by atoms with van der Waals surface area (Å²) >= 11 is 0. The number of carboxylic acids is 1. The van der Waals surface area contributed by atoms with Crippen LogP contribution in [-0.2, 0) is 0 Å². The molecule has 4 nitrogen and oxygen atoms in total. The molecule has 0 aliphatic heterocycles. The Labute approximate surface area is 68.9 Å². The summed E-state index contributed by atoms with van der Waals surface area (Å²) in [4.78, 5) is 23.8. The maximum absolute atomic E-state index is 11.0. The van der Waals surface area contributed by atoms with Crippen molar-refractivity contribution in [3.8, 4) is 0 Å². The highest BCUT2D eigenvalue weighted by Crippen LogP contribution is 2.01. The Balaban J connectivity index is 3.49. The van der Waals surface area contributed by atoms with Gasteiger partial charge in [-0.2, -0.15) is 0 Å². The number of carbonyl (C=O) groups excluding carboxylic acids is 1. The minimum atomic E-state index is -1.44. The minimum Gasteiger partial charge on any atom is -0.545 e. The second kappa shape index (κ2) is 2.81. The highest BCUT2D eigenvalue weighted by Gasteiger charge is 2.04. The summed E-state index contributed by atoms with van der Waals surface area (Å²) in [6, 6.07) is 1.59. The SMILES string of the molecule is Cc1cc(C)c(C(=O)[O-])c(=O)[nH]1. The lowest BCUT2D eigenvalue weighted by molar-refractivity contribution is -0.255. The van der Waals surface area contributed by atoms with E-state index in [1.54, 1.807) is 19.9 Å². The molecule has 0 spiro atoms. The molecule has 1 heterocycles. The van der Waals surface area contributed by atoms with E-state index in [4.69, 9.17) is 0 Å². The van der Waals surface area contributed by atoms with Crippen LogP contribution < -0.4 is 10.7 Å². The molecule has 0 aliphatic carbocycles. The third kappa shape index (κ3) is 1.37. The fourth-order valence-corrected chi connectivity index (χ4v) is 1.11. The van der Waals surface area contributed by atoms with Crippen LogP contribution in [0.5, 0.6) is 0 Å². The number of hydrogen-bond acceptors (Lipinski definition) is 3. The topological polar surface area (TPSA) is 73.0 Å². The molecule has 0 fully saturated rings. The first-order valence-corrected chi connectivity index (χ1v) is 3.44. The molecule has 12 heavy (non-hydrogen) atoms. The van der Waals surface area contributed by atoms with Crippen LogP contribution >= 0.6 is 0 Å². The number of carbonyl (C=O) groups is 1. The normalized spacial score (nSPS) is 9.83. The Kier molecular flexibility index (Phi) is 1.99. The number of carboxylic acid groups (broad SMARTS) is 1. The maximum atomic E-state index is 11.0. The first-order chi connectivity index (χ1) is 5.52. The lowest BCUT2D eigenvalue weighted by Crippen LogP contribution is -2.31. The van der Waals surface area contributed by atoms with Gasteiger partial charge < -0.3 is 14.9 Å². The van der Waals surface area contributed by atoms with Gasteiger partial charge in [0.05, 0.1) is 11.5 Å². The Bertz CT molecular complexity index is 378. The van der Waals surface area contributed by atoms with Gasteiger partial charge in [-0.15, -0.1) is 0 Å². The zero-order valence-corrected chi connectivity index (χ0v) is 6.80. The van der Waals surface area contributed by atoms with Gasteiger partial charge in [-0.1, -0.05) is 0 Å². The molecule has 1 aromatic rings. The molecule has 0 aliphatic rings. The van der Waals surface area contributed by atoms with Crippen LogP contribution in [0.15, 0.2) is 10.9 Å². The molecule has 0 saturated heterocycles. The van der Waals surface area contributed by atoms with E-state index in [9.17, 15) is 14.7 Å². The van der Waals surface area contributed by atoms with Crippen molar-refractivity contribution in [2.24, 2.45) is 0 Å². The average Bonchev–Trinajstić information content (AvgIpc) is 1.82. The van der Waals surface area contributed by atoms with Gasteiger partial charge in [0.25, 0.3) is 5.56 Å². The van der Waals surface area contributed by atoms with Gasteiger partial charge in [0.2, 0.25) is 0 Å². The van der Waals surface area contributed by atoms with Crippen molar-refractivity contribution in [3.05, 3.63) is 33.2 Å². The molecule has 0 unspecified atom stereocenters. The average molecular weight is 166 g/mol. The number of aryl methyl sites for hydroxylation is 2. The smallest absolute Gasteiger partial charge is 0.257 e. The molecule has 4 heteroatoms. The highest BCUT2D eigenvalue weighted by molar-refractivity contribution is 5.86. The fourth-order valence-electron chi connectivity index (χ4n) is 1.11. The maximum Gasteiger partial charge on any atom is 0.257 e. The van der Waals surface area contributed by atoms with E-state index in [2.05, 4.69) is 4.98 Å². The number of aromatic nitrogens is 1. The van der Waals surface area contributed by atoms with Crippen molar-refractivity contribution in [1.82, 2.24) is 4.98 Å². The molecular formula is C8H8NO3-. The lowest BCUT2D eigenvalue weighted by atomic mass is 10.1. The van der Waals surface area contributed by atoms with Crippen LogP contribution in [0.4, 0.5) is 0 Å². The van der Waals surface area contributed by atoms with E-state index < -0.39 is 11.5 Å². The predicted octanol–water partition coefficient (Wildman–Crippen LogP) is -0.645. The van der Waals surface area contributed by atoms with Gasteiger partial charge >= 0.3 is 0 Å². The molecule has 0 atom stereocenters. The summed E-state index contributed by atoms with van der Waals surface area (Å²) in [5.41, 5.74) is 0.173. The largest absolute Gasteiger partial charge is 0.545 e. The number of aromatic amines is 1. The zero-order chi connectivity index (χ0) is 9.30. The van der Waals surface area contributed by atoms with E-state index in [0.29, 0.717) is 11.3 Å². The van der Waals surface area contributed by atoms with Gasteiger partial charge in [-0.25, -0.2) is 0 Å². The Morgan fingerprint density at radius 1 is 1.50 bits per heavy atom. The van der Waals surface area contributed by atoms with Crippen LogP contribution in [0.2, 0.25) is 0 Å². The van der Waals surface area contributed by atoms with Crippen molar-refractivity contribution >= 4 is 5.97 Å². The molecule has 0 bridgehead atoms. The number of hydrogen-bond donors (Lipinski definition) is 1. The van der Waals surface area contributed by atoms with Crippen molar-refractivity contribution in [2.45, 2.75) is 13.8 Å². The summed E-state index contributed by atoms with van der Waals surface area (Å²) in [6.45, 7) is 3.25. The van der Waals surface area contributed by atoms with Crippen molar-refractivity contribution in [3.63, 3.8) is 0 Å². The molecule has 64 valence electrons. The second-order valence-electron chi connectivity index (χ2n) is 2.63. The first kappa shape index (κ1) is 8.52.